The number of aromatic nitrogens is 2. The van der Waals surface area contributed by atoms with Crippen molar-refractivity contribution >= 4 is 17.6 Å². The fourth-order valence-electron chi connectivity index (χ4n) is 3.54. The smallest absolute Gasteiger partial charge is 0.317 e. The van der Waals surface area contributed by atoms with E-state index >= 15 is 0 Å². The van der Waals surface area contributed by atoms with Gasteiger partial charge in [0, 0.05) is 36.8 Å². The van der Waals surface area contributed by atoms with Gasteiger partial charge in [0.1, 0.15) is 0 Å². The van der Waals surface area contributed by atoms with Gasteiger partial charge in [-0.15, -0.1) is 0 Å². The number of hydrogen-bond acceptors (Lipinski definition) is 3. The van der Waals surface area contributed by atoms with Gasteiger partial charge >= 0.3 is 6.03 Å². The van der Waals surface area contributed by atoms with Gasteiger partial charge in [-0.2, -0.15) is 5.10 Å². The van der Waals surface area contributed by atoms with Crippen LogP contribution in [0.5, 0.6) is 0 Å². The minimum Gasteiger partial charge on any atom is -0.376 e. The van der Waals surface area contributed by atoms with Crippen molar-refractivity contribution in [3.63, 3.8) is 0 Å². The first-order chi connectivity index (χ1) is 12.7. The van der Waals surface area contributed by atoms with Crippen LogP contribution in [0.25, 0.3) is 11.3 Å². The third-order valence-electron chi connectivity index (χ3n) is 4.93. The molecule has 3 heterocycles. The Kier molecular flexibility index (Phi) is 5.13. The summed E-state index contributed by atoms with van der Waals surface area (Å²) in [6.07, 6.45) is 3.15. The SMILES string of the molecule is O=C(NC[C@@H]1CCCO1)N1CCCn2nc(-c3cccc(Cl)c3)cc2C1. The molecule has 0 saturated carbocycles. The Morgan fingerprint density at radius 1 is 1.31 bits per heavy atom. The number of halogens is 1. The number of carbonyl (C=O) groups excluding carboxylic acids is 1. The van der Waals surface area contributed by atoms with E-state index in [0.717, 1.165) is 55.9 Å². The topological polar surface area (TPSA) is 59.4 Å². The number of hydrogen-bond donors (Lipinski definition) is 1. The Morgan fingerprint density at radius 3 is 3.04 bits per heavy atom. The van der Waals surface area contributed by atoms with Crippen molar-refractivity contribution in [1.29, 1.82) is 0 Å². The quantitative estimate of drug-likeness (QED) is 0.896. The van der Waals surface area contributed by atoms with Crippen LogP contribution in [0.2, 0.25) is 5.02 Å². The predicted octanol–water partition coefficient (Wildman–Crippen LogP) is 3.30. The molecule has 0 aliphatic carbocycles. The normalized spacial score (nSPS) is 19.9. The molecule has 1 saturated heterocycles. The average Bonchev–Trinajstić information content (AvgIpc) is 3.25. The molecule has 1 aromatic heterocycles. The van der Waals surface area contributed by atoms with Gasteiger partial charge in [-0.05, 0) is 37.5 Å². The molecule has 2 aromatic rings. The van der Waals surface area contributed by atoms with Crippen LogP contribution in [-0.2, 0) is 17.8 Å². The lowest BCUT2D eigenvalue weighted by Gasteiger charge is -2.21. The standard InChI is InChI=1S/C19H23ClN4O2/c20-15-5-1-4-14(10-15)18-11-16-13-23(7-3-8-24(16)22-18)19(25)21-12-17-6-2-9-26-17/h1,4-5,10-11,17H,2-3,6-9,12-13H2,(H,21,25)/t17-/m0/s1. The highest BCUT2D eigenvalue weighted by Crippen LogP contribution is 2.24. The van der Waals surface area contributed by atoms with Gasteiger partial charge in [0.15, 0.2) is 0 Å². The Hall–Kier alpha value is -2.05. The van der Waals surface area contributed by atoms with Crippen molar-refractivity contribution in [1.82, 2.24) is 20.0 Å². The minimum absolute atomic E-state index is 0.0283. The van der Waals surface area contributed by atoms with Gasteiger partial charge in [0.2, 0.25) is 0 Å². The lowest BCUT2D eigenvalue weighted by molar-refractivity contribution is 0.108. The molecule has 7 heteroatoms. The molecule has 2 aliphatic rings. The second-order valence-electron chi connectivity index (χ2n) is 6.85. The van der Waals surface area contributed by atoms with Crippen molar-refractivity contribution in [2.24, 2.45) is 0 Å². The van der Waals surface area contributed by atoms with Gasteiger partial charge < -0.3 is 15.0 Å². The largest absolute Gasteiger partial charge is 0.376 e. The summed E-state index contributed by atoms with van der Waals surface area (Å²) in [4.78, 5) is 14.4. The van der Waals surface area contributed by atoms with E-state index in [1.54, 1.807) is 0 Å². The summed E-state index contributed by atoms with van der Waals surface area (Å²) in [5.41, 5.74) is 2.93. The maximum atomic E-state index is 12.6. The molecule has 2 aliphatic heterocycles. The molecule has 0 bridgehead atoms. The third kappa shape index (κ3) is 3.86. The monoisotopic (exact) mass is 374 g/mol. The summed E-state index contributed by atoms with van der Waals surface area (Å²) in [5.74, 6) is 0. The number of carbonyl (C=O) groups is 1. The van der Waals surface area contributed by atoms with E-state index in [-0.39, 0.29) is 12.1 Å². The Balaban J connectivity index is 1.44. The van der Waals surface area contributed by atoms with Crippen LogP contribution in [0.4, 0.5) is 4.79 Å². The first kappa shape index (κ1) is 17.4. The molecular weight excluding hydrogens is 352 g/mol. The van der Waals surface area contributed by atoms with Crippen molar-refractivity contribution in [2.75, 3.05) is 19.7 Å². The van der Waals surface area contributed by atoms with E-state index in [1.165, 1.54) is 0 Å². The highest BCUT2D eigenvalue weighted by atomic mass is 35.5. The van der Waals surface area contributed by atoms with Crippen molar-refractivity contribution in [3.8, 4) is 11.3 Å². The molecule has 1 N–H and O–H groups in total. The second kappa shape index (κ2) is 7.68. The molecule has 2 amide bonds. The minimum atomic E-state index is -0.0283. The van der Waals surface area contributed by atoms with E-state index in [1.807, 2.05) is 33.8 Å². The van der Waals surface area contributed by atoms with E-state index in [9.17, 15) is 4.79 Å². The maximum Gasteiger partial charge on any atom is 0.317 e. The number of urea groups is 1. The Morgan fingerprint density at radius 2 is 2.23 bits per heavy atom. The summed E-state index contributed by atoms with van der Waals surface area (Å²) >= 11 is 6.09. The zero-order chi connectivity index (χ0) is 17.9. The molecule has 1 aromatic carbocycles. The van der Waals surface area contributed by atoms with Gasteiger partial charge in [0.05, 0.1) is 24.0 Å². The van der Waals surface area contributed by atoms with Gasteiger partial charge in [-0.1, -0.05) is 23.7 Å². The number of nitrogens with zero attached hydrogens (tertiary/aromatic N) is 3. The molecule has 1 atom stereocenters. The molecule has 0 spiro atoms. The molecule has 1 fully saturated rings. The molecule has 4 rings (SSSR count). The highest BCUT2D eigenvalue weighted by Gasteiger charge is 2.22. The van der Waals surface area contributed by atoms with Crippen LogP contribution in [0.15, 0.2) is 30.3 Å². The first-order valence-corrected chi connectivity index (χ1v) is 9.54. The molecule has 138 valence electrons. The maximum absolute atomic E-state index is 12.6. The Labute approximate surface area is 158 Å². The van der Waals surface area contributed by atoms with E-state index in [4.69, 9.17) is 21.4 Å². The van der Waals surface area contributed by atoms with Crippen molar-refractivity contribution < 1.29 is 9.53 Å². The van der Waals surface area contributed by atoms with E-state index in [0.29, 0.717) is 18.1 Å². The molecule has 26 heavy (non-hydrogen) atoms. The van der Waals surface area contributed by atoms with E-state index < -0.39 is 0 Å². The average molecular weight is 375 g/mol. The summed E-state index contributed by atoms with van der Waals surface area (Å²) in [6, 6.07) is 9.71. The summed E-state index contributed by atoms with van der Waals surface area (Å²) in [7, 11) is 0. The van der Waals surface area contributed by atoms with Crippen molar-refractivity contribution in [2.45, 2.75) is 38.5 Å². The zero-order valence-corrected chi connectivity index (χ0v) is 15.4. The van der Waals surface area contributed by atoms with Gasteiger partial charge in [-0.3, -0.25) is 4.68 Å². The number of rotatable bonds is 3. The van der Waals surface area contributed by atoms with Crippen molar-refractivity contribution in [3.05, 3.63) is 41.0 Å². The summed E-state index contributed by atoms with van der Waals surface area (Å²) in [6.45, 7) is 3.49. The van der Waals surface area contributed by atoms with E-state index in [2.05, 4.69) is 11.4 Å². The second-order valence-corrected chi connectivity index (χ2v) is 7.29. The fourth-order valence-corrected chi connectivity index (χ4v) is 3.73. The van der Waals surface area contributed by atoms with Crippen LogP contribution in [0, 0.1) is 0 Å². The Bertz CT molecular complexity index is 786. The number of amides is 2. The lowest BCUT2D eigenvalue weighted by Crippen LogP contribution is -2.42. The molecule has 6 nitrogen and oxygen atoms in total. The number of aryl methyl sites for hydroxylation is 1. The van der Waals surface area contributed by atoms with Crippen LogP contribution in [0.3, 0.4) is 0 Å². The van der Waals surface area contributed by atoms with Gasteiger partial charge in [0.25, 0.3) is 0 Å². The summed E-state index contributed by atoms with van der Waals surface area (Å²) < 4.78 is 7.58. The lowest BCUT2D eigenvalue weighted by atomic mass is 10.1. The van der Waals surface area contributed by atoms with Crippen LogP contribution >= 0.6 is 11.6 Å². The third-order valence-corrected chi connectivity index (χ3v) is 5.16. The number of fused-ring (bicyclic) bond motifs is 1. The number of nitrogens with one attached hydrogen (secondary N) is 1. The van der Waals surface area contributed by atoms with Crippen LogP contribution in [0.1, 0.15) is 25.0 Å². The molecular formula is C19H23ClN4O2. The number of benzene rings is 1. The highest BCUT2D eigenvalue weighted by molar-refractivity contribution is 6.30. The fraction of sp³-hybridized carbons (Fsp3) is 0.474. The number of ether oxygens (including phenoxy) is 1. The zero-order valence-electron chi connectivity index (χ0n) is 14.7. The molecule has 0 unspecified atom stereocenters. The van der Waals surface area contributed by atoms with Crippen LogP contribution in [-0.4, -0.2) is 46.5 Å². The summed E-state index contributed by atoms with van der Waals surface area (Å²) in [5, 5.41) is 8.41. The first-order valence-electron chi connectivity index (χ1n) is 9.16. The van der Waals surface area contributed by atoms with Crippen LogP contribution < -0.4 is 5.32 Å². The predicted molar refractivity (Wildman–Crippen MR) is 100 cm³/mol. The molecule has 0 radical (unpaired) electrons. The van der Waals surface area contributed by atoms with Gasteiger partial charge in [-0.25, -0.2) is 4.79 Å².